The number of morpholine rings is 1. The first-order valence-electron chi connectivity index (χ1n) is 7.95. The molecular weight excluding hydrogens is 342 g/mol. The second-order valence-electron chi connectivity index (χ2n) is 5.65. The summed E-state index contributed by atoms with van der Waals surface area (Å²) in [6.45, 7) is 0.893. The topological polar surface area (TPSA) is 65.1 Å². The highest BCUT2D eigenvalue weighted by atomic mass is 32.2. The van der Waals surface area contributed by atoms with Crippen molar-refractivity contribution in [2.24, 2.45) is 0 Å². The molecule has 7 heteroatoms. The normalized spacial score (nSPS) is 18.7. The molecule has 134 valence electrons. The molecule has 2 aromatic carbocycles. The molecule has 0 N–H and O–H groups in total. The highest BCUT2D eigenvalue weighted by Crippen LogP contribution is 2.33. The van der Waals surface area contributed by atoms with E-state index in [0.29, 0.717) is 24.7 Å². The Balaban J connectivity index is 1.92. The molecule has 0 unspecified atom stereocenters. The van der Waals surface area contributed by atoms with E-state index < -0.39 is 10.0 Å². The molecule has 0 saturated carbocycles. The Morgan fingerprint density at radius 2 is 1.84 bits per heavy atom. The summed E-state index contributed by atoms with van der Waals surface area (Å²) < 4.78 is 43.9. The number of methoxy groups -OCH3 is 2. The smallest absolute Gasteiger partial charge is 0.247 e. The predicted octanol–water partition coefficient (Wildman–Crippen LogP) is 2.47. The molecule has 25 heavy (non-hydrogen) atoms. The van der Waals surface area contributed by atoms with E-state index in [2.05, 4.69) is 0 Å². The zero-order valence-corrected chi connectivity index (χ0v) is 15.0. The van der Waals surface area contributed by atoms with Gasteiger partial charge >= 0.3 is 0 Å². The van der Waals surface area contributed by atoms with Crippen molar-refractivity contribution >= 4 is 10.0 Å². The van der Waals surface area contributed by atoms with Crippen molar-refractivity contribution in [3.8, 4) is 11.5 Å². The third-order valence-corrected chi connectivity index (χ3v) is 6.08. The minimum Gasteiger partial charge on any atom is -0.497 e. The van der Waals surface area contributed by atoms with Gasteiger partial charge in [-0.25, -0.2) is 8.42 Å². The summed E-state index contributed by atoms with van der Waals surface area (Å²) in [6.07, 6.45) is -0.290. The second kappa shape index (κ2) is 7.43. The first-order valence-corrected chi connectivity index (χ1v) is 9.39. The van der Waals surface area contributed by atoms with Gasteiger partial charge in [-0.3, -0.25) is 0 Å². The second-order valence-corrected chi connectivity index (χ2v) is 7.56. The Labute approximate surface area is 148 Å². The SMILES string of the molecule is COc1ccc(OC)c(S(=O)(=O)N2CCO[C@@H](c3ccccc3)C2)c1. The van der Waals surface area contributed by atoms with Crippen LogP contribution in [0.4, 0.5) is 0 Å². The summed E-state index contributed by atoms with van der Waals surface area (Å²) in [5.41, 5.74) is 0.958. The van der Waals surface area contributed by atoms with Gasteiger partial charge in [0.2, 0.25) is 10.0 Å². The van der Waals surface area contributed by atoms with E-state index in [4.69, 9.17) is 14.2 Å². The maximum absolute atomic E-state index is 13.1. The lowest BCUT2D eigenvalue weighted by Crippen LogP contribution is -2.42. The maximum Gasteiger partial charge on any atom is 0.247 e. The van der Waals surface area contributed by atoms with Crippen molar-refractivity contribution in [1.82, 2.24) is 4.31 Å². The molecule has 1 aliphatic rings. The van der Waals surface area contributed by atoms with Crippen molar-refractivity contribution in [2.45, 2.75) is 11.0 Å². The van der Waals surface area contributed by atoms with Crippen LogP contribution in [0, 0.1) is 0 Å². The van der Waals surface area contributed by atoms with E-state index in [1.165, 1.54) is 24.6 Å². The van der Waals surface area contributed by atoms with Crippen LogP contribution in [-0.4, -0.2) is 46.6 Å². The Hall–Kier alpha value is -2.09. The monoisotopic (exact) mass is 363 g/mol. The molecular formula is C18H21NO5S. The molecule has 0 radical (unpaired) electrons. The molecule has 1 fully saturated rings. The van der Waals surface area contributed by atoms with Crippen LogP contribution in [0.5, 0.6) is 11.5 Å². The molecule has 0 amide bonds. The maximum atomic E-state index is 13.1. The standard InChI is InChI=1S/C18H21NO5S/c1-22-15-8-9-16(23-2)18(12-15)25(20,21)19-10-11-24-17(13-19)14-6-4-3-5-7-14/h3-9,12,17H,10-11,13H2,1-2H3/t17-/m1/s1. The Bertz CT molecular complexity index is 823. The van der Waals surface area contributed by atoms with E-state index in [1.54, 1.807) is 12.1 Å². The lowest BCUT2D eigenvalue weighted by molar-refractivity contribution is -0.00259. The lowest BCUT2D eigenvalue weighted by Gasteiger charge is -2.32. The van der Waals surface area contributed by atoms with Gasteiger partial charge in [0.25, 0.3) is 0 Å². The lowest BCUT2D eigenvalue weighted by atomic mass is 10.1. The summed E-state index contributed by atoms with van der Waals surface area (Å²) in [7, 11) is -0.780. The molecule has 0 bridgehead atoms. The van der Waals surface area contributed by atoms with Gasteiger partial charge in [0, 0.05) is 19.2 Å². The Kier molecular flexibility index (Phi) is 5.27. The summed E-state index contributed by atoms with van der Waals surface area (Å²) in [5.74, 6) is 0.760. The molecule has 0 spiro atoms. The van der Waals surface area contributed by atoms with Crippen LogP contribution < -0.4 is 9.47 Å². The largest absolute Gasteiger partial charge is 0.497 e. The molecule has 2 aromatic rings. The molecule has 1 aliphatic heterocycles. The van der Waals surface area contributed by atoms with Gasteiger partial charge in [-0.1, -0.05) is 30.3 Å². The molecule has 1 heterocycles. The van der Waals surface area contributed by atoms with Crippen molar-refractivity contribution in [3.63, 3.8) is 0 Å². The van der Waals surface area contributed by atoms with Crippen LogP contribution in [-0.2, 0) is 14.8 Å². The van der Waals surface area contributed by atoms with Crippen LogP contribution in [0.2, 0.25) is 0 Å². The van der Waals surface area contributed by atoms with Crippen molar-refractivity contribution in [2.75, 3.05) is 33.9 Å². The number of hydrogen-bond acceptors (Lipinski definition) is 5. The van der Waals surface area contributed by atoms with Gasteiger partial charge < -0.3 is 14.2 Å². The van der Waals surface area contributed by atoms with Crippen LogP contribution in [0.25, 0.3) is 0 Å². The van der Waals surface area contributed by atoms with E-state index in [0.717, 1.165) is 5.56 Å². The van der Waals surface area contributed by atoms with Crippen LogP contribution >= 0.6 is 0 Å². The molecule has 1 saturated heterocycles. The predicted molar refractivity (Wildman–Crippen MR) is 93.4 cm³/mol. The molecule has 3 rings (SSSR count). The third-order valence-electron chi connectivity index (χ3n) is 4.19. The fraction of sp³-hybridized carbons (Fsp3) is 0.333. The summed E-state index contributed by atoms with van der Waals surface area (Å²) in [6, 6.07) is 14.4. The molecule has 6 nitrogen and oxygen atoms in total. The first kappa shape index (κ1) is 17.7. The van der Waals surface area contributed by atoms with Gasteiger partial charge in [-0.15, -0.1) is 0 Å². The number of ether oxygens (including phenoxy) is 3. The fourth-order valence-electron chi connectivity index (χ4n) is 2.84. The summed E-state index contributed by atoms with van der Waals surface area (Å²) >= 11 is 0. The average Bonchev–Trinajstić information content (AvgIpc) is 2.68. The fourth-order valence-corrected chi connectivity index (χ4v) is 4.43. The summed E-state index contributed by atoms with van der Waals surface area (Å²) in [4.78, 5) is 0.100. The number of hydrogen-bond donors (Lipinski definition) is 0. The van der Waals surface area contributed by atoms with Crippen LogP contribution in [0.3, 0.4) is 0 Å². The molecule has 0 aromatic heterocycles. The van der Waals surface area contributed by atoms with Crippen LogP contribution in [0.1, 0.15) is 11.7 Å². The minimum absolute atomic E-state index is 0.100. The van der Waals surface area contributed by atoms with Gasteiger partial charge in [-0.2, -0.15) is 4.31 Å². The number of rotatable bonds is 5. The van der Waals surface area contributed by atoms with Crippen LogP contribution in [0.15, 0.2) is 53.4 Å². The highest BCUT2D eigenvalue weighted by molar-refractivity contribution is 7.89. The van der Waals surface area contributed by atoms with E-state index in [1.807, 2.05) is 30.3 Å². The van der Waals surface area contributed by atoms with Gasteiger partial charge in [0.05, 0.1) is 26.9 Å². The van der Waals surface area contributed by atoms with E-state index in [-0.39, 0.29) is 17.5 Å². The van der Waals surface area contributed by atoms with Gasteiger partial charge in [-0.05, 0) is 17.7 Å². The van der Waals surface area contributed by atoms with E-state index in [9.17, 15) is 8.42 Å². The Morgan fingerprint density at radius 3 is 2.52 bits per heavy atom. The van der Waals surface area contributed by atoms with E-state index >= 15 is 0 Å². The quantitative estimate of drug-likeness (QED) is 0.816. The number of sulfonamides is 1. The first-order chi connectivity index (χ1) is 12.1. The zero-order valence-electron chi connectivity index (χ0n) is 14.2. The van der Waals surface area contributed by atoms with Crippen molar-refractivity contribution < 1.29 is 22.6 Å². The molecule has 1 atom stereocenters. The number of nitrogens with zero attached hydrogens (tertiary/aromatic N) is 1. The Morgan fingerprint density at radius 1 is 1.08 bits per heavy atom. The van der Waals surface area contributed by atoms with Crippen molar-refractivity contribution in [3.05, 3.63) is 54.1 Å². The van der Waals surface area contributed by atoms with Gasteiger partial charge in [0.1, 0.15) is 16.4 Å². The zero-order chi connectivity index (χ0) is 17.9. The number of benzene rings is 2. The molecule has 0 aliphatic carbocycles. The summed E-state index contributed by atoms with van der Waals surface area (Å²) in [5, 5.41) is 0. The average molecular weight is 363 g/mol. The third kappa shape index (κ3) is 3.63. The van der Waals surface area contributed by atoms with Crippen molar-refractivity contribution in [1.29, 1.82) is 0 Å². The highest BCUT2D eigenvalue weighted by Gasteiger charge is 2.33. The minimum atomic E-state index is -3.73. The van der Waals surface area contributed by atoms with Gasteiger partial charge in [0.15, 0.2) is 0 Å².